The van der Waals surface area contributed by atoms with E-state index in [0.717, 1.165) is 25.3 Å². The maximum atomic E-state index is 14.0. The fourth-order valence-electron chi connectivity index (χ4n) is 2.11. The first-order valence-corrected chi connectivity index (χ1v) is 6.86. The summed E-state index contributed by atoms with van der Waals surface area (Å²) in [6.45, 7) is 0. The summed E-state index contributed by atoms with van der Waals surface area (Å²) < 4.78 is 55.3. The maximum Gasteiger partial charge on any atom is 0.471 e. The van der Waals surface area contributed by atoms with E-state index in [-0.39, 0.29) is 17.2 Å². The molecule has 122 valence electrons. The van der Waals surface area contributed by atoms with Gasteiger partial charge < -0.3 is 9.84 Å². The zero-order valence-corrected chi connectivity index (χ0v) is 11.7. The van der Waals surface area contributed by atoms with Gasteiger partial charge in [-0.05, 0) is 31.4 Å². The van der Waals surface area contributed by atoms with Crippen LogP contribution in [0.25, 0.3) is 11.4 Å². The van der Waals surface area contributed by atoms with Crippen LogP contribution in [-0.2, 0) is 6.18 Å². The van der Waals surface area contributed by atoms with Gasteiger partial charge in [-0.3, -0.25) is 4.79 Å². The first-order chi connectivity index (χ1) is 10.8. The molecule has 1 saturated carbocycles. The van der Waals surface area contributed by atoms with E-state index in [1.165, 1.54) is 12.1 Å². The number of carbonyl (C=O) groups is 1. The van der Waals surface area contributed by atoms with Crippen molar-refractivity contribution in [2.24, 2.45) is 0 Å². The van der Waals surface area contributed by atoms with Crippen molar-refractivity contribution in [3.8, 4) is 11.4 Å². The lowest BCUT2D eigenvalue weighted by molar-refractivity contribution is -0.159. The summed E-state index contributed by atoms with van der Waals surface area (Å²) >= 11 is 0. The van der Waals surface area contributed by atoms with Crippen LogP contribution in [-0.4, -0.2) is 22.1 Å². The van der Waals surface area contributed by atoms with Crippen molar-refractivity contribution in [2.75, 3.05) is 0 Å². The number of hydrogen-bond acceptors (Lipinski definition) is 4. The molecule has 3 rings (SSSR count). The van der Waals surface area contributed by atoms with Crippen molar-refractivity contribution < 1.29 is 26.9 Å². The highest BCUT2D eigenvalue weighted by Gasteiger charge is 2.38. The fraction of sp³-hybridized carbons (Fsp3) is 0.357. The molecule has 9 heteroatoms. The zero-order chi connectivity index (χ0) is 16.6. The second-order valence-corrected chi connectivity index (χ2v) is 5.22. The Labute approximate surface area is 127 Å². The topological polar surface area (TPSA) is 68.0 Å². The van der Waals surface area contributed by atoms with Crippen molar-refractivity contribution in [3.63, 3.8) is 0 Å². The molecule has 1 amide bonds. The molecule has 0 spiro atoms. The van der Waals surface area contributed by atoms with Crippen molar-refractivity contribution in [3.05, 3.63) is 35.5 Å². The van der Waals surface area contributed by atoms with Crippen LogP contribution >= 0.6 is 0 Å². The molecule has 5 nitrogen and oxygen atoms in total. The normalized spacial score (nSPS) is 15.3. The Morgan fingerprint density at radius 3 is 2.57 bits per heavy atom. The quantitative estimate of drug-likeness (QED) is 0.878. The summed E-state index contributed by atoms with van der Waals surface area (Å²) in [5, 5.41) is 5.85. The third-order valence-electron chi connectivity index (χ3n) is 3.58. The number of halogens is 4. The molecule has 1 aliphatic carbocycles. The molecule has 1 aromatic carbocycles. The summed E-state index contributed by atoms with van der Waals surface area (Å²) in [5.41, 5.74) is -0.192. The smallest absolute Gasteiger partial charge is 0.349 e. The van der Waals surface area contributed by atoms with Crippen LogP contribution in [0.5, 0.6) is 0 Å². The summed E-state index contributed by atoms with van der Waals surface area (Å²) in [6.07, 6.45) is -2.04. The highest BCUT2D eigenvalue weighted by atomic mass is 19.4. The van der Waals surface area contributed by atoms with Crippen molar-refractivity contribution >= 4 is 5.91 Å². The van der Waals surface area contributed by atoms with Crippen LogP contribution in [0.4, 0.5) is 17.6 Å². The second kappa shape index (κ2) is 5.64. The monoisotopic (exact) mass is 329 g/mol. The summed E-state index contributed by atoms with van der Waals surface area (Å²) in [4.78, 5) is 15.1. The van der Waals surface area contributed by atoms with Crippen LogP contribution in [0, 0.1) is 5.82 Å². The number of nitrogens with one attached hydrogen (secondary N) is 1. The predicted molar refractivity (Wildman–Crippen MR) is 69.8 cm³/mol. The third kappa shape index (κ3) is 3.17. The van der Waals surface area contributed by atoms with E-state index in [1.54, 1.807) is 0 Å². The van der Waals surface area contributed by atoms with Gasteiger partial charge in [-0.2, -0.15) is 18.2 Å². The van der Waals surface area contributed by atoms with Gasteiger partial charge in [0.25, 0.3) is 5.91 Å². The lowest BCUT2D eigenvalue weighted by atomic mass is 9.93. The van der Waals surface area contributed by atoms with Gasteiger partial charge >= 0.3 is 12.1 Å². The van der Waals surface area contributed by atoms with E-state index in [2.05, 4.69) is 20.0 Å². The van der Waals surface area contributed by atoms with Gasteiger partial charge in [0.1, 0.15) is 5.82 Å². The van der Waals surface area contributed by atoms with Gasteiger partial charge in [-0.25, -0.2) is 4.39 Å². The lowest BCUT2D eigenvalue weighted by Gasteiger charge is -2.26. The van der Waals surface area contributed by atoms with Crippen LogP contribution < -0.4 is 5.32 Å². The Morgan fingerprint density at radius 2 is 2.04 bits per heavy atom. The molecule has 2 aromatic rings. The van der Waals surface area contributed by atoms with E-state index in [4.69, 9.17) is 0 Å². The van der Waals surface area contributed by atoms with Gasteiger partial charge in [-0.1, -0.05) is 11.2 Å². The van der Waals surface area contributed by atoms with Gasteiger partial charge in [-0.15, -0.1) is 0 Å². The summed E-state index contributed by atoms with van der Waals surface area (Å²) in [5.74, 6) is -3.33. The molecule has 1 aliphatic rings. The zero-order valence-electron chi connectivity index (χ0n) is 11.7. The molecular weight excluding hydrogens is 318 g/mol. The van der Waals surface area contributed by atoms with Crippen LogP contribution in [0.2, 0.25) is 0 Å². The van der Waals surface area contributed by atoms with Gasteiger partial charge in [0.2, 0.25) is 5.82 Å². The molecule has 0 aliphatic heterocycles. The highest BCUT2D eigenvalue weighted by molar-refractivity contribution is 5.95. The Kier molecular flexibility index (Phi) is 3.78. The van der Waals surface area contributed by atoms with Crippen LogP contribution in [0.15, 0.2) is 22.7 Å². The summed E-state index contributed by atoms with van der Waals surface area (Å²) in [6, 6.07) is 3.40. The fourth-order valence-corrected chi connectivity index (χ4v) is 2.11. The highest BCUT2D eigenvalue weighted by Crippen LogP contribution is 2.29. The summed E-state index contributed by atoms with van der Waals surface area (Å²) in [7, 11) is 0. The average molecular weight is 329 g/mol. The first-order valence-electron chi connectivity index (χ1n) is 6.86. The van der Waals surface area contributed by atoms with Crippen molar-refractivity contribution in [1.29, 1.82) is 0 Å². The maximum absolute atomic E-state index is 14.0. The van der Waals surface area contributed by atoms with Gasteiger partial charge in [0.15, 0.2) is 0 Å². The number of alkyl halides is 3. The van der Waals surface area contributed by atoms with Gasteiger partial charge in [0, 0.05) is 11.6 Å². The minimum atomic E-state index is -4.77. The molecule has 1 fully saturated rings. The Bertz CT molecular complexity index is 738. The molecule has 1 heterocycles. The SMILES string of the molecule is O=C(NC1CCC1)c1ccc(-c2noc(C(F)(F)F)n2)cc1F. The van der Waals surface area contributed by atoms with Crippen molar-refractivity contribution in [2.45, 2.75) is 31.5 Å². The lowest BCUT2D eigenvalue weighted by Crippen LogP contribution is -2.39. The van der Waals surface area contributed by atoms with Crippen LogP contribution in [0.3, 0.4) is 0 Å². The minimum Gasteiger partial charge on any atom is -0.349 e. The largest absolute Gasteiger partial charge is 0.471 e. The van der Waals surface area contributed by atoms with Gasteiger partial charge in [0.05, 0.1) is 5.56 Å². The van der Waals surface area contributed by atoms with E-state index < -0.39 is 29.6 Å². The molecule has 23 heavy (non-hydrogen) atoms. The number of hydrogen-bond donors (Lipinski definition) is 1. The number of amides is 1. The average Bonchev–Trinajstić information content (AvgIpc) is 2.92. The van der Waals surface area contributed by atoms with E-state index >= 15 is 0 Å². The standard InChI is InChI=1S/C14H11F4N3O2/c15-10-6-7(11-20-13(23-21-11)14(16,17)18)4-5-9(10)12(22)19-8-2-1-3-8/h4-6,8H,1-3H2,(H,19,22). The van der Waals surface area contributed by atoms with Crippen molar-refractivity contribution in [1.82, 2.24) is 15.5 Å². The molecule has 0 saturated heterocycles. The minimum absolute atomic E-state index is 0.0121. The number of aromatic nitrogens is 2. The van der Waals surface area contributed by atoms with E-state index in [9.17, 15) is 22.4 Å². The Balaban J connectivity index is 1.81. The molecule has 0 radical (unpaired) electrons. The molecular formula is C14H11F4N3O2. The molecule has 0 unspecified atom stereocenters. The molecule has 1 N–H and O–H groups in total. The second-order valence-electron chi connectivity index (χ2n) is 5.22. The van der Waals surface area contributed by atoms with E-state index in [1.807, 2.05) is 0 Å². The van der Waals surface area contributed by atoms with Crippen LogP contribution in [0.1, 0.15) is 35.5 Å². The number of benzene rings is 1. The molecule has 0 bridgehead atoms. The number of rotatable bonds is 3. The molecule has 1 aromatic heterocycles. The number of carbonyl (C=O) groups excluding carboxylic acids is 1. The first kappa shape index (κ1) is 15.4. The Hall–Kier alpha value is -2.45. The molecule has 0 atom stereocenters. The Morgan fingerprint density at radius 1 is 1.30 bits per heavy atom. The third-order valence-corrected chi connectivity index (χ3v) is 3.58. The predicted octanol–water partition coefficient (Wildman–Crippen LogP) is 3.18. The number of nitrogens with zero attached hydrogens (tertiary/aromatic N) is 2. The van der Waals surface area contributed by atoms with E-state index in [0.29, 0.717) is 0 Å².